The van der Waals surface area contributed by atoms with Crippen molar-refractivity contribution in [3.63, 3.8) is 0 Å². The van der Waals surface area contributed by atoms with Gasteiger partial charge in [-0.2, -0.15) is 0 Å². The number of primary amides is 1. The number of amides is 2. The van der Waals surface area contributed by atoms with Gasteiger partial charge < -0.3 is 15.6 Å². The summed E-state index contributed by atoms with van der Waals surface area (Å²) >= 11 is 1.23. The third-order valence-electron chi connectivity index (χ3n) is 3.66. The maximum atomic E-state index is 11.6. The minimum absolute atomic E-state index is 0.132. The van der Waals surface area contributed by atoms with E-state index in [0.29, 0.717) is 12.2 Å². The Morgan fingerprint density at radius 3 is 2.77 bits per heavy atom. The SMILES string of the molecule is COc1ccc2c(c1)-c1sc(NC(N)=O)c(C(=O)O)c1CC2. The molecule has 0 bridgehead atoms. The van der Waals surface area contributed by atoms with E-state index in [1.54, 1.807) is 7.11 Å². The molecule has 22 heavy (non-hydrogen) atoms. The van der Waals surface area contributed by atoms with Crippen LogP contribution in [0.15, 0.2) is 18.2 Å². The van der Waals surface area contributed by atoms with Crippen LogP contribution in [0.5, 0.6) is 5.75 Å². The molecule has 0 radical (unpaired) electrons. The molecule has 2 amide bonds. The normalized spacial score (nSPS) is 12.2. The highest BCUT2D eigenvalue weighted by molar-refractivity contribution is 7.20. The number of urea groups is 1. The van der Waals surface area contributed by atoms with Crippen molar-refractivity contribution in [1.29, 1.82) is 0 Å². The Bertz CT molecular complexity index is 782. The van der Waals surface area contributed by atoms with Gasteiger partial charge in [-0.1, -0.05) is 6.07 Å². The van der Waals surface area contributed by atoms with Crippen LogP contribution < -0.4 is 15.8 Å². The first kappa shape index (κ1) is 14.4. The van der Waals surface area contributed by atoms with Gasteiger partial charge in [0.15, 0.2) is 0 Å². The predicted octanol–water partition coefficient (Wildman–Crippen LogP) is 2.71. The van der Waals surface area contributed by atoms with Gasteiger partial charge >= 0.3 is 12.0 Å². The molecular formula is C15H14N2O4S. The Kier molecular flexibility index (Phi) is 3.50. The van der Waals surface area contributed by atoms with Gasteiger partial charge in [-0.25, -0.2) is 9.59 Å². The monoisotopic (exact) mass is 318 g/mol. The lowest BCUT2D eigenvalue weighted by Gasteiger charge is -2.17. The minimum atomic E-state index is -1.06. The lowest BCUT2D eigenvalue weighted by molar-refractivity contribution is 0.0697. The van der Waals surface area contributed by atoms with E-state index in [4.69, 9.17) is 10.5 Å². The van der Waals surface area contributed by atoms with Crippen molar-refractivity contribution in [2.45, 2.75) is 12.8 Å². The number of methoxy groups -OCH3 is 1. The second kappa shape index (κ2) is 5.34. The van der Waals surface area contributed by atoms with Gasteiger partial charge in [0.1, 0.15) is 10.8 Å². The zero-order valence-corrected chi connectivity index (χ0v) is 12.6. The van der Waals surface area contributed by atoms with Crippen molar-refractivity contribution in [2.24, 2.45) is 5.73 Å². The summed E-state index contributed by atoms with van der Waals surface area (Å²) in [4.78, 5) is 23.5. The first-order chi connectivity index (χ1) is 10.5. The van der Waals surface area contributed by atoms with E-state index in [9.17, 15) is 14.7 Å². The maximum Gasteiger partial charge on any atom is 0.339 e. The summed E-state index contributed by atoms with van der Waals surface area (Å²) in [6.45, 7) is 0. The predicted molar refractivity (Wildman–Crippen MR) is 83.9 cm³/mol. The number of carboxylic acid groups (broad SMARTS) is 1. The fourth-order valence-corrected chi connectivity index (χ4v) is 4.01. The van der Waals surface area contributed by atoms with Gasteiger partial charge in [-0.05, 0) is 41.7 Å². The molecule has 6 nitrogen and oxygen atoms in total. The largest absolute Gasteiger partial charge is 0.497 e. The first-order valence-electron chi connectivity index (χ1n) is 6.64. The average molecular weight is 318 g/mol. The lowest BCUT2D eigenvalue weighted by Crippen LogP contribution is -2.20. The molecule has 0 saturated heterocycles. The van der Waals surface area contributed by atoms with Crippen LogP contribution in [0.25, 0.3) is 10.4 Å². The molecule has 0 spiro atoms. The van der Waals surface area contributed by atoms with Crippen LogP contribution >= 0.6 is 11.3 Å². The Morgan fingerprint density at radius 1 is 1.36 bits per heavy atom. The number of anilines is 1. The number of ether oxygens (including phenoxy) is 1. The molecule has 0 aliphatic heterocycles. The number of benzene rings is 1. The molecular weight excluding hydrogens is 304 g/mol. The van der Waals surface area contributed by atoms with E-state index in [1.807, 2.05) is 18.2 Å². The summed E-state index contributed by atoms with van der Waals surface area (Å²) in [7, 11) is 1.59. The van der Waals surface area contributed by atoms with Crippen molar-refractivity contribution < 1.29 is 19.4 Å². The van der Waals surface area contributed by atoms with Gasteiger partial charge in [0, 0.05) is 4.88 Å². The van der Waals surface area contributed by atoms with Crippen LogP contribution in [0.1, 0.15) is 21.5 Å². The Hall–Kier alpha value is -2.54. The molecule has 3 rings (SSSR count). The van der Waals surface area contributed by atoms with Crippen molar-refractivity contribution in [2.75, 3.05) is 12.4 Å². The highest BCUT2D eigenvalue weighted by Crippen LogP contribution is 2.46. The summed E-state index contributed by atoms with van der Waals surface area (Å²) in [5.74, 6) is -0.353. The average Bonchev–Trinajstić information content (AvgIpc) is 2.84. The van der Waals surface area contributed by atoms with E-state index < -0.39 is 12.0 Å². The molecule has 0 unspecified atom stereocenters. The maximum absolute atomic E-state index is 11.6. The number of fused-ring (bicyclic) bond motifs is 3. The summed E-state index contributed by atoms with van der Waals surface area (Å²) in [5.41, 5.74) is 8.09. The fraction of sp³-hybridized carbons (Fsp3) is 0.200. The summed E-state index contributed by atoms with van der Waals surface area (Å²) in [6.07, 6.45) is 1.37. The molecule has 0 atom stereocenters. The molecule has 1 aromatic heterocycles. The standard InChI is InChI=1S/C15H14N2O4S/c1-21-8-4-2-7-3-5-9-11(14(18)19)13(17-15(16)20)22-12(9)10(7)6-8/h2,4,6H,3,5H2,1H3,(H,18,19)(H3,16,17,20). The lowest BCUT2D eigenvalue weighted by atomic mass is 9.89. The number of hydrogen-bond donors (Lipinski definition) is 3. The van der Waals surface area contributed by atoms with Gasteiger partial charge in [0.25, 0.3) is 0 Å². The second-order valence-electron chi connectivity index (χ2n) is 4.93. The van der Waals surface area contributed by atoms with Crippen LogP contribution in [0.4, 0.5) is 9.80 Å². The number of nitrogens with one attached hydrogen (secondary N) is 1. The molecule has 1 aliphatic rings. The van der Waals surface area contributed by atoms with E-state index in [1.165, 1.54) is 11.3 Å². The van der Waals surface area contributed by atoms with Crippen LogP contribution in [-0.2, 0) is 12.8 Å². The van der Waals surface area contributed by atoms with Crippen LogP contribution in [0.3, 0.4) is 0 Å². The zero-order chi connectivity index (χ0) is 15.9. The van der Waals surface area contributed by atoms with Crippen molar-refractivity contribution in [3.05, 3.63) is 34.9 Å². The third kappa shape index (κ3) is 2.29. The third-order valence-corrected chi connectivity index (χ3v) is 4.84. The number of aromatic carboxylic acids is 1. The number of carbonyl (C=O) groups is 2. The molecule has 4 N–H and O–H groups in total. The van der Waals surface area contributed by atoms with Gasteiger partial charge in [-0.3, -0.25) is 5.32 Å². The molecule has 7 heteroatoms. The molecule has 1 aromatic carbocycles. The van der Waals surface area contributed by atoms with E-state index in [0.717, 1.165) is 28.0 Å². The number of rotatable bonds is 3. The van der Waals surface area contributed by atoms with Crippen LogP contribution in [-0.4, -0.2) is 24.2 Å². The molecule has 0 saturated carbocycles. The zero-order valence-electron chi connectivity index (χ0n) is 11.8. The fourth-order valence-electron chi connectivity index (χ4n) is 2.72. The molecule has 2 aromatic rings. The number of nitrogens with two attached hydrogens (primary N) is 1. The second-order valence-corrected chi connectivity index (χ2v) is 5.95. The highest BCUT2D eigenvalue weighted by Gasteiger charge is 2.28. The molecule has 0 fully saturated rings. The van der Waals surface area contributed by atoms with Crippen LogP contribution in [0, 0.1) is 0 Å². The Morgan fingerprint density at radius 2 is 2.14 bits per heavy atom. The number of carbonyl (C=O) groups excluding carboxylic acids is 1. The topological polar surface area (TPSA) is 102 Å². The van der Waals surface area contributed by atoms with E-state index in [2.05, 4.69) is 5.32 Å². The van der Waals surface area contributed by atoms with E-state index in [-0.39, 0.29) is 10.6 Å². The first-order valence-corrected chi connectivity index (χ1v) is 7.45. The number of carboxylic acids is 1. The van der Waals surface area contributed by atoms with Gasteiger partial charge in [0.2, 0.25) is 0 Å². The van der Waals surface area contributed by atoms with Gasteiger partial charge in [-0.15, -0.1) is 11.3 Å². The van der Waals surface area contributed by atoms with Gasteiger partial charge in [0.05, 0.1) is 12.7 Å². The Labute approximate surface area is 130 Å². The molecule has 1 aliphatic carbocycles. The van der Waals surface area contributed by atoms with Crippen molar-refractivity contribution in [3.8, 4) is 16.2 Å². The number of hydrogen-bond acceptors (Lipinski definition) is 4. The van der Waals surface area contributed by atoms with E-state index >= 15 is 0 Å². The van der Waals surface area contributed by atoms with Crippen LogP contribution in [0.2, 0.25) is 0 Å². The van der Waals surface area contributed by atoms with Crippen molar-refractivity contribution >= 4 is 28.3 Å². The Balaban J connectivity index is 2.20. The summed E-state index contributed by atoms with van der Waals surface area (Å²) in [5, 5.41) is 12.2. The summed E-state index contributed by atoms with van der Waals surface area (Å²) in [6, 6.07) is 4.99. The number of thiophene rings is 1. The minimum Gasteiger partial charge on any atom is -0.497 e. The van der Waals surface area contributed by atoms with Crippen molar-refractivity contribution in [1.82, 2.24) is 0 Å². The smallest absolute Gasteiger partial charge is 0.339 e. The number of aryl methyl sites for hydroxylation is 1. The highest BCUT2D eigenvalue weighted by atomic mass is 32.1. The molecule has 1 heterocycles. The molecule has 114 valence electrons. The summed E-state index contributed by atoms with van der Waals surface area (Å²) < 4.78 is 5.24. The quantitative estimate of drug-likeness (QED) is 0.809.